The van der Waals surface area contributed by atoms with Crippen LogP contribution in [0.3, 0.4) is 0 Å². The van der Waals surface area contributed by atoms with Gasteiger partial charge in [-0.15, -0.1) is 10.2 Å². The van der Waals surface area contributed by atoms with Gasteiger partial charge in [0.25, 0.3) is 5.91 Å². The summed E-state index contributed by atoms with van der Waals surface area (Å²) < 4.78 is 1.99. The van der Waals surface area contributed by atoms with E-state index in [1.165, 1.54) is 0 Å². The van der Waals surface area contributed by atoms with Crippen LogP contribution >= 0.6 is 11.6 Å². The molecule has 2 heterocycles. The number of benzene rings is 1. The SMILES string of the molecule is CC(C)(C)c1nnc2cc(-c3cc(C(=O)NC4CC4)ccc3Cl)ccn12. The highest BCUT2D eigenvalue weighted by Crippen LogP contribution is 2.31. The number of aromatic nitrogens is 3. The van der Waals surface area contributed by atoms with Gasteiger partial charge in [-0.3, -0.25) is 9.20 Å². The van der Waals surface area contributed by atoms with Crippen molar-refractivity contribution in [2.45, 2.75) is 45.1 Å². The second-order valence-electron chi connectivity index (χ2n) is 7.86. The van der Waals surface area contributed by atoms with Crippen molar-refractivity contribution < 1.29 is 4.79 Å². The van der Waals surface area contributed by atoms with E-state index in [-0.39, 0.29) is 11.3 Å². The molecule has 1 amide bonds. The molecule has 0 unspecified atom stereocenters. The molecule has 1 N–H and O–H groups in total. The molecule has 1 aliphatic rings. The van der Waals surface area contributed by atoms with E-state index in [4.69, 9.17) is 11.6 Å². The fourth-order valence-electron chi connectivity index (χ4n) is 2.95. The number of nitrogens with zero attached hydrogens (tertiary/aromatic N) is 3. The summed E-state index contributed by atoms with van der Waals surface area (Å²) in [6.45, 7) is 6.32. The molecule has 2 aromatic heterocycles. The van der Waals surface area contributed by atoms with Gasteiger partial charge in [0.05, 0.1) is 0 Å². The highest BCUT2D eigenvalue weighted by Gasteiger charge is 2.24. The summed E-state index contributed by atoms with van der Waals surface area (Å²) in [5.41, 5.74) is 3.01. The monoisotopic (exact) mass is 368 g/mol. The van der Waals surface area contributed by atoms with Crippen molar-refractivity contribution in [3.05, 3.63) is 52.9 Å². The predicted octanol–water partition coefficient (Wildman–Crippen LogP) is 4.24. The number of nitrogens with one attached hydrogen (secondary N) is 1. The molecular formula is C20H21ClN4O. The van der Waals surface area contributed by atoms with Crippen molar-refractivity contribution in [3.8, 4) is 11.1 Å². The molecule has 0 radical (unpaired) electrons. The van der Waals surface area contributed by atoms with Crippen molar-refractivity contribution in [1.29, 1.82) is 0 Å². The molecule has 0 aliphatic heterocycles. The van der Waals surface area contributed by atoms with Gasteiger partial charge in [-0.2, -0.15) is 0 Å². The summed E-state index contributed by atoms with van der Waals surface area (Å²) in [5, 5.41) is 12.2. The molecule has 0 atom stereocenters. The molecule has 0 spiro atoms. The van der Waals surface area contributed by atoms with Crippen LogP contribution in [0.15, 0.2) is 36.5 Å². The molecule has 1 saturated carbocycles. The van der Waals surface area contributed by atoms with E-state index < -0.39 is 0 Å². The third-order valence-corrected chi connectivity index (χ3v) is 4.86. The smallest absolute Gasteiger partial charge is 0.251 e. The Hall–Kier alpha value is -2.40. The lowest BCUT2D eigenvalue weighted by Crippen LogP contribution is -2.25. The topological polar surface area (TPSA) is 59.3 Å². The summed E-state index contributed by atoms with van der Waals surface area (Å²) >= 11 is 6.41. The van der Waals surface area contributed by atoms with Gasteiger partial charge in [0.15, 0.2) is 5.65 Å². The third-order valence-electron chi connectivity index (χ3n) is 4.53. The number of carbonyl (C=O) groups excluding carboxylic acids is 1. The Bertz CT molecular complexity index is 999. The number of hydrogen-bond donors (Lipinski definition) is 1. The van der Waals surface area contributed by atoms with Gasteiger partial charge in [-0.25, -0.2) is 0 Å². The van der Waals surface area contributed by atoms with E-state index in [0.29, 0.717) is 16.6 Å². The number of hydrogen-bond acceptors (Lipinski definition) is 3. The molecule has 1 aliphatic carbocycles. The molecule has 0 bridgehead atoms. The zero-order valence-electron chi connectivity index (χ0n) is 15.1. The van der Waals surface area contributed by atoms with Gasteiger partial charge in [-0.05, 0) is 48.7 Å². The molecule has 3 aromatic rings. The van der Waals surface area contributed by atoms with Crippen LogP contribution in [0.1, 0.15) is 49.8 Å². The maximum atomic E-state index is 12.3. The number of fused-ring (bicyclic) bond motifs is 1. The lowest BCUT2D eigenvalue weighted by atomic mass is 9.96. The zero-order valence-corrected chi connectivity index (χ0v) is 15.8. The minimum absolute atomic E-state index is 0.0519. The quantitative estimate of drug-likeness (QED) is 0.752. The fraction of sp³-hybridized carbons (Fsp3) is 0.350. The number of halogens is 1. The van der Waals surface area contributed by atoms with Crippen LogP contribution < -0.4 is 5.32 Å². The first kappa shape index (κ1) is 17.0. The summed E-state index contributed by atoms with van der Waals surface area (Å²) in [5.74, 6) is 0.853. The van der Waals surface area contributed by atoms with E-state index in [0.717, 1.165) is 35.4 Å². The first-order valence-corrected chi connectivity index (χ1v) is 9.17. The Morgan fingerprint density at radius 1 is 1.19 bits per heavy atom. The van der Waals surface area contributed by atoms with Gasteiger partial charge >= 0.3 is 0 Å². The molecule has 6 heteroatoms. The van der Waals surface area contributed by atoms with Crippen LogP contribution in [-0.4, -0.2) is 26.5 Å². The van der Waals surface area contributed by atoms with Crippen LogP contribution in [-0.2, 0) is 5.41 Å². The molecule has 4 rings (SSSR count). The van der Waals surface area contributed by atoms with Crippen LogP contribution in [0.5, 0.6) is 0 Å². The van der Waals surface area contributed by atoms with E-state index in [2.05, 4.69) is 36.3 Å². The van der Waals surface area contributed by atoms with Gasteiger partial charge in [-0.1, -0.05) is 32.4 Å². The van der Waals surface area contributed by atoms with Crippen LogP contribution in [0.25, 0.3) is 16.8 Å². The lowest BCUT2D eigenvalue weighted by Gasteiger charge is -2.15. The first-order valence-electron chi connectivity index (χ1n) is 8.79. The van der Waals surface area contributed by atoms with Gasteiger partial charge in [0.2, 0.25) is 0 Å². The lowest BCUT2D eigenvalue weighted by molar-refractivity contribution is 0.0951. The Morgan fingerprint density at radius 3 is 2.65 bits per heavy atom. The highest BCUT2D eigenvalue weighted by atomic mass is 35.5. The van der Waals surface area contributed by atoms with Crippen molar-refractivity contribution in [3.63, 3.8) is 0 Å². The predicted molar refractivity (Wildman–Crippen MR) is 103 cm³/mol. The van der Waals surface area contributed by atoms with Gasteiger partial charge in [0.1, 0.15) is 5.82 Å². The van der Waals surface area contributed by atoms with E-state index in [1.807, 2.05) is 28.8 Å². The maximum Gasteiger partial charge on any atom is 0.251 e. The molecule has 5 nitrogen and oxygen atoms in total. The zero-order chi connectivity index (χ0) is 18.5. The number of amides is 1. The summed E-state index contributed by atoms with van der Waals surface area (Å²) in [6.07, 6.45) is 4.08. The summed E-state index contributed by atoms with van der Waals surface area (Å²) in [6, 6.07) is 9.63. The van der Waals surface area contributed by atoms with E-state index >= 15 is 0 Å². The average molecular weight is 369 g/mol. The Balaban J connectivity index is 1.73. The maximum absolute atomic E-state index is 12.3. The van der Waals surface area contributed by atoms with Crippen LogP contribution in [0.2, 0.25) is 5.02 Å². The Morgan fingerprint density at radius 2 is 1.96 bits per heavy atom. The van der Waals surface area contributed by atoms with E-state index in [9.17, 15) is 4.79 Å². The second kappa shape index (κ2) is 6.09. The molecule has 134 valence electrons. The number of rotatable bonds is 3. The molecule has 1 fully saturated rings. The second-order valence-corrected chi connectivity index (χ2v) is 8.27. The first-order chi connectivity index (χ1) is 12.3. The molecule has 26 heavy (non-hydrogen) atoms. The minimum Gasteiger partial charge on any atom is -0.349 e. The van der Waals surface area contributed by atoms with Crippen LogP contribution in [0, 0.1) is 0 Å². The minimum atomic E-state index is -0.0978. The van der Waals surface area contributed by atoms with Crippen LogP contribution in [0.4, 0.5) is 0 Å². The highest BCUT2D eigenvalue weighted by molar-refractivity contribution is 6.33. The largest absolute Gasteiger partial charge is 0.349 e. The summed E-state index contributed by atoms with van der Waals surface area (Å²) in [4.78, 5) is 12.3. The number of carbonyl (C=O) groups is 1. The third kappa shape index (κ3) is 3.19. The molecule has 1 aromatic carbocycles. The summed E-state index contributed by atoms with van der Waals surface area (Å²) in [7, 11) is 0. The van der Waals surface area contributed by atoms with E-state index in [1.54, 1.807) is 12.1 Å². The molecular weight excluding hydrogens is 348 g/mol. The normalized spacial score (nSPS) is 14.6. The molecule has 0 saturated heterocycles. The van der Waals surface area contributed by atoms with Crippen molar-refractivity contribution in [2.75, 3.05) is 0 Å². The van der Waals surface area contributed by atoms with Gasteiger partial charge in [0, 0.05) is 33.8 Å². The number of pyridine rings is 1. The standard InChI is InChI=1S/C20H21ClN4O/c1-20(2,3)19-24-23-17-11-12(8-9-25(17)19)15-10-13(4-7-16(15)21)18(26)22-14-5-6-14/h4,7-11,14H,5-6H2,1-3H3,(H,22,26). The van der Waals surface area contributed by atoms with Crippen molar-refractivity contribution in [1.82, 2.24) is 19.9 Å². The Labute approximate surface area is 157 Å². The van der Waals surface area contributed by atoms with Gasteiger partial charge < -0.3 is 5.32 Å². The fourth-order valence-corrected chi connectivity index (χ4v) is 3.18. The van der Waals surface area contributed by atoms with Crippen molar-refractivity contribution >= 4 is 23.2 Å². The Kier molecular flexibility index (Phi) is 3.99. The van der Waals surface area contributed by atoms with Crippen molar-refractivity contribution in [2.24, 2.45) is 0 Å². The average Bonchev–Trinajstić information content (AvgIpc) is 3.28.